The summed E-state index contributed by atoms with van der Waals surface area (Å²) in [4.78, 5) is 11.3. The van der Waals surface area contributed by atoms with E-state index < -0.39 is 0 Å². The van der Waals surface area contributed by atoms with E-state index in [1.165, 1.54) is 5.56 Å². The molecular formula is C15H18N2O. The average Bonchev–Trinajstić information content (AvgIpc) is 2.58. The number of hydrogen-bond acceptors (Lipinski definition) is 2. The van der Waals surface area contributed by atoms with Gasteiger partial charge in [0.1, 0.15) is 5.78 Å². The number of rotatable bonds is 3. The number of ketones is 1. The summed E-state index contributed by atoms with van der Waals surface area (Å²) >= 11 is 0. The normalized spacial score (nSPS) is 10.7. The molecule has 0 spiro atoms. The highest BCUT2D eigenvalue weighted by atomic mass is 16.1. The molecule has 0 bridgehead atoms. The molecule has 94 valence electrons. The van der Waals surface area contributed by atoms with Gasteiger partial charge < -0.3 is 0 Å². The Morgan fingerprint density at radius 2 is 1.83 bits per heavy atom. The predicted molar refractivity (Wildman–Crippen MR) is 72.5 cm³/mol. The van der Waals surface area contributed by atoms with E-state index in [-0.39, 0.29) is 5.78 Å². The molecular weight excluding hydrogens is 224 g/mol. The Morgan fingerprint density at radius 1 is 1.22 bits per heavy atom. The molecule has 0 saturated carbocycles. The first-order valence-electron chi connectivity index (χ1n) is 6.08. The van der Waals surface area contributed by atoms with Crippen molar-refractivity contribution < 1.29 is 4.79 Å². The number of aromatic nitrogens is 2. The van der Waals surface area contributed by atoms with Crippen LogP contribution >= 0.6 is 0 Å². The van der Waals surface area contributed by atoms with Gasteiger partial charge in [-0.1, -0.05) is 29.8 Å². The van der Waals surface area contributed by atoms with E-state index in [2.05, 4.69) is 36.3 Å². The van der Waals surface area contributed by atoms with Gasteiger partial charge in [-0.2, -0.15) is 5.10 Å². The van der Waals surface area contributed by atoms with Crippen LogP contribution in [0.25, 0.3) is 11.3 Å². The summed E-state index contributed by atoms with van der Waals surface area (Å²) in [6.45, 7) is 5.70. The first-order chi connectivity index (χ1) is 8.49. The lowest BCUT2D eigenvalue weighted by Crippen LogP contribution is -2.04. The number of hydrogen-bond donors (Lipinski definition) is 0. The van der Waals surface area contributed by atoms with Crippen molar-refractivity contribution in [2.75, 3.05) is 0 Å². The Morgan fingerprint density at radius 3 is 2.39 bits per heavy atom. The van der Waals surface area contributed by atoms with Crippen LogP contribution in [-0.4, -0.2) is 15.6 Å². The van der Waals surface area contributed by atoms with Crippen LogP contribution in [0.2, 0.25) is 0 Å². The zero-order valence-corrected chi connectivity index (χ0v) is 11.3. The Kier molecular flexibility index (Phi) is 3.32. The molecule has 3 nitrogen and oxygen atoms in total. The summed E-state index contributed by atoms with van der Waals surface area (Å²) in [6, 6.07) is 8.30. The van der Waals surface area contributed by atoms with Crippen molar-refractivity contribution in [1.29, 1.82) is 0 Å². The molecule has 2 aromatic rings. The summed E-state index contributed by atoms with van der Waals surface area (Å²) in [7, 11) is 1.89. The molecule has 0 amide bonds. The third-order valence-electron chi connectivity index (χ3n) is 3.17. The van der Waals surface area contributed by atoms with Gasteiger partial charge in [0.05, 0.1) is 5.69 Å². The van der Waals surface area contributed by atoms with Crippen LogP contribution in [0.15, 0.2) is 24.3 Å². The largest absolute Gasteiger partial charge is 0.300 e. The molecule has 1 aromatic carbocycles. The summed E-state index contributed by atoms with van der Waals surface area (Å²) < 4.78 is 1.81. The number of carbonyl (C=O) groups excluding carboxylic acids is 1. The zero-order chi connectivity index (χ0) is 13.3. The third-order valence-corrected chi connectivity index (χ3v) is 3.17. The molecule has 0 aliphatic rings. The predicted octanol–water partition coefficient (Wildman–Crippen LogP) is 2.84. The average molecular weight is 242 g/mol. The van der Waals surface area contributed by atoms with Crippen molar-refractivity contribution in [1.82, 2.24) is 9.78 Å². The molecule has 2 rings (SSSR count). The Labute approximate surface area is 107 Å². The Hall–Kier alpha value is -1.90. The number of carbonyl (C=O) groups is 1. The highest BCUT2D eigenvalue weighted by molar-refractivity contribution is 5.79. The molecule has 0 atom stereocenters. The van der Waals surface area contributed by atoms with Crippen molar-refractivity contribution in [2.45, 2.75) is 27.2 Å². The van der Waals surface area contributed by atoms with Crippen molar-refractivity contribution in [2.24, 2.45) is 7.05 Å². The van der Waals surface area contributed by atoms with E-state index in [4.69, 9.17) is 0 Å². The number of Topliss-reactive ketones (excluding diaryl/α,β-unsaturated/α-hetero) is 1. The van der Waals surface area contributed by atoms with E-state index >= 15 is 0 Å². The Balaban J connectivity index is 2.46. The standard InChI is InChI=1S/C15H18N2O/c1-10-5-7-13(8-6-10)15-12(3)14(9-11(2)18)17(4)16-15/h5-8H,9H2,1-4H3. The zero-order valence-electron chi connectivity index (χ0n) is 11.3. The second kappa shape index (κ2) is 4.77. The van der Waals surface area contributed by atoms with Gasteiger partial charge >= 0.3 is 0 Å². The van der Waals surface area contributed by atoms with Gasteiger partial charge in [0, 0.05) is 24.7 Å². The van der Waals surface area contributed by atoms with E-state index in [9.17, 15) is 4.79 Å². The van der Waals surface area contributed by atoms with Crippen LogP contribution in [0.5, 0.6) is 0 Å². The molecule has 0 unspecified atom stereocenters. The van der Waals surface area contributed by atoms with Gasteiger partial charge in [-0.25, -0.2) is 0 Å². The minimum Gasteiger partial charge on any atom is -0.300 e. The fraction of sp³-hybridized carbons (Fsp3) is 0.333. The van der Waals surface area contributed by atoms with E-state index in [0.29, 0.717) is 6.42 Å². The molecule has 0 N–H and O–H groups in total. The topological polar surface area (TPSA) is 34.9 Å². The monoisotopic (exact) mass is 242 g/mol. The second-order valence-corrected chi connectivity index (χ2v) is 4.79. The molecule has 1 aromatic heterocycles. The summed E-state index contributed by atoms with van der Waals surface area (Å²) in [5.74, 6) is 0.163. The maximum Gasteiger partial charge on any atom is 0.135 e. The fourth-order valence-electron chi connectivity index (χ4n) is 2.13. The van der Waals surface area contributed by atoms with E-state index in [1.807, 2.05) is 18.7 Å². The minimum atomic E-state index is 0.163. The van der Waals surface area contributed by atoms with Crippen LogP contribution < -0.4 is 0 Å². The number of nitrogens with zero attached hydrogens (tertiary/aromatic N) is 2. The molecule has 3 heteroatoms. The molecule has 0 saturated heterocycles. The quantitative estimate of drug-likeness (QED) is 0.829. The number of aryl methyl sites for hydroxylation is 2. The van der Waals surface area contributed by atoms with Crippen molar-refractivity contribution in [3.05, 3.63) is 41.1 Å². The van der Waals surface area contributed by atoms with Gasteiger partial charge in [-0.15, -0.1) is 0 Å². The second-order valence-electron chi connectivity index (χ2n) is 4.79. The smallest absolute Gasteiger partial charge is 0.135 e. The molecule has 0 aliphatic carbocycles. The highest BCUT2D eigenvalue weighted by Crippen LogP contribution is 2.25. The summed E-state index contributed by atoms with van der Waals surface area (Å²) in [6.07, 6.45) is 0.446. The minimum absolute atomic E-state index is 0.163. The lowest BCUT2D eigenvalue weighted by molar-refractivity contribution is -0.116. The van der Waals surface area contributed by atoms with Crippen molar-refractivity contribution >= 4 is 5.78 Å². The SMILES string of the molecule is CC(=O)Cc1c(C)c(-c2ccc(C)cc2)nn1C. The number of benzene rings is 1. The first-order valence-corrected chi connectivity index (χ1v) is 6.08. The molecule has 1 heterocycles. The Bertz CT molecular complexity index is 579. The molecule has 18 heavy (non-hydrogen) atoms. The molecule has 0 aliphatic heterocycles. The van der Waals surface area contributed by atoms with E-state index in [1.54, 1.807) is 6.92 Å². The molecule has 0 radical (unpaired) electrons. The van der Waals surface area contributed by atoms with Gasteiger partial charge in [0.15, 0.2) is 0 Å². The lowest BCUT2D eigenvalue weighted by atomic mass is 10.0. The summed E-state index contributed by atoms with van der Waals surface area (Å²) in [5.41, 5.74) is 5.39. The van der Waals surface area contributed by atoms with Crippen LogP contribution in [0.4, 0.5) is 0 Å². The van der Waals surface area contributed by atoms with Crippen LogP contribution in [-0.2, 0) is 18.3 Å². The van der Waals surface area contributed by atoms with Gasteiger partial charge in [-0.3, -0.25) is 9.48 Å². The van der Waals surface area contributed by atoms with Gasteiger partial charge in [-0.05, 0) is 26.3 Å². The van der Waals surface area contributed by atoms with Crippen molar-refractivity contribution in [3.63, 3.8) is 0 Å². The van der Waals surface area contributed by atoms with E-state index in [0.717, 1.165) is 22.5 Å². The maximum absolute atomic E-state index is 11.3. The fourth-order valence-corrected chi connectivity index (χ4v) is 2.13. The van der Waals surface area contributed by atoms with Crippen LogP contribution in [0.1, 0.15) is 23.7 Å². The first kappa shape index (κ1) is 12.6. The lowest BCUT2D eigenvalue weighted by Gasteiger charge is -2.00. The van der Waals surface area contributed by atoms with Crippen molar-refractivity contribution in [3.8, 4) is 11.3 Å². The van der Waals surface area contributed by atoms with Gasteiger partial charge in [0.2, 0.25) is 0 Å². The highest BCUT2D eigenvalue weighted by Gasteiger charge is 2.14. The summed E-state index contributed by atoms with van der Waals surface area (Å²) in [5, 5.41) is 4.53. The van der Waals surface area contributed by atoms with Crippen LogP contribution in [0, 0.1) is 13.8 Å². The van der Waals surface area contributed by atoms with Crippen LogP contribution in [0.3, 0.4) is 0 Å². The third kappa shape index (κ3) is 2.35. The van der Waals surface area contributed by atoms with Gasteiger partial charge in [0.25, 0.3) is 0 Å². The maximum atomic E-state index is 11.3. The molecule has 0 fully saturated rings.